The van der Waals surface area contributed by atoms with E-state index >= 15 is 0 Å². The fraction of sp³-hybridized carbons (Fsp3) is 0.154. The molecule has 0 spiro atoms. The van der Waals surface area contributed by atoms with Gasteiger partial charge in [-0.05, 0) is 42.3 Å². The normalized spacial score (nSPS) is 10.3. The second-order valence-corrected chi connectivity index (χ2v) is 4.68. The van der Waals surface area contributed by atoms with Gasteiger partial charge in [-0.25, -0.2) is 4.39 Å². The van der Waals surface area contributed by atoms with Crippen LogP contribution < -0.4 is 5.32 Å². The van der Waals surface area contributed by atoms with Gasteiger partial charge in [0.05, 0.1) is 6.20 Å². The Hall–Kier alpha value is -1.42. The van der Waals surface area contributed by atoms with Gasteiger partial charge in [-0.15, -0.1) is 0 Å². The van der Waals surface area contributed by atoms with Crippen molar-refractivity contribution < 1.29 is 4.39 Å². The van der Waals surface area contributed by atoms with E-state index in [0.29, 0.717) is 6.54 Å². The molecule has 4 heteroatoms. The van der Waals surface area contributed by atoms with Crippen LogP contribution in [0.3, 0.4) is 0 Å². The van der Waals surface area contributed by atoms with Gasteiger partial charge in [0.25, 0.3) is 0 Å². The maximum absolute atomic E-state index is 12.9. The van der Waals surface area contributed by atoms with E-state index in [1.54, 1.807) is 6.20 Å². The summed E-state index contributed by atoms with van der Waals surface area (Å²) in [6.45, 7) is 2.59. The number of rotatable bonds is 3. The van der Waals surface area contributed by atoms with E-state index in [0.717, 1.165) is 21.3 Å². The molecule has 17 heavy (non-hydrogen) atoms. The number of aromatic nitrogens is 1. The lowest BCUT2D eigenvalue weighted by molar-refractivity contribution is 0.619. The van der Waals surface area contributed by atoms with Crippen molar-refractivity contribution in [1.82, 2.24) is 4.98 Å². The van der Waals surface area contributed by atoms with E-state index in [1.165, 1.54) is 12.3 Å². The highest BCUT2D eigenvalue weighted by molar-refractivity contribution is 9.10. The lowest BCUT2D eigenvalue weighted by Crippen LogP contribution is -2.00. The number of benzene rings is 1. The summed E-state index contributed by atoms with van der Waals surface area (Å²) in [5.74, 6) is -0.309. The van der Waals surface area contributed by atoms with Gasteiger partial charge in [-0.2, -0.15) is 0 Å². The zero-order chi connectivity index (χ0) is 12.3. The van der Waals surface area contributed by atoms with Crippen molar-refractivity contribution in [2.24, 2.45) is 0 Å². The summed E-state index contributed by atoms with van der Waals surface area (Å²) in [7, 11) is 0. The first-order valence-electron chi connectivity index (χ1n) is 5.24. The van der Waals surface area contributed by atoms with Crippen LogP contribution in [0.1, 0.15) is 11.1 Å². The minimum absolute atomic E-state index is 0.309. The Morgan fingerprint density at radius 3 is 2.82 bits per heavy atom. The molecule has 0 aliphatic rings. The van der Waals surface area contributed by atoms with Crippen molar-refractivity contribution in [3.8, 4) is 0 Å². The zero-order valence-corrected chi connectivity index (χ0v) is 11.0. The molecule has 2 nitrogen and oxygen atoms in total. The SMILES string of the molecule is Cc1cc(NCc2cncc(F)c2)ccc1Br. The van der Waals surface area contributed by atoms with E-state index < -0.39 is 0 Å². The highest BCUT2D eigenvalue weighted by Gasteiger charge is 1.99. The molecule has 0 fully saturated rings. The Balaban J connectivity index is 2.05. The molecule has 0 aliphatic carbocycles. The van der Waals surface area contributed by atoms with Gasteiger partial charge >= 0.3 is 0 Å². The smallest absolute Gasteiger partial charge is 0.141 e. The monoisotopic (exact) mass is 294 g/mol. The van der Waals surface area contributed by atoms with Crippen molar-refractivity contribution >= 4 is 21.6 Å². The van der Waals surface area contributed by atoms with Crippen LogP contribution >= 0.6 is 15.9 Å². The number of nitrogens with zero attached hydrogens (tertiary/aromatic N) is 1. The average Bonchev–Trinajstić information content (AvgIpc) is 2.31. The lowest BCUT2D eigenvalue weighted by Gasteiger charge is -2.08. The number of anilines is 1. The maximum Gasteiger partial charge on any atom is 0.141 e. The van der Waals surface area contributed by atoms with Crippen LogP contribution in [0.15, 0.2) is 41.1 Å². The minimum Gasteiger partial charge on any atom is -0.381 e. The Morgan fingerprint density at radius 1 is 1.29 bits per heavy atom. The number of hydrogen-bond acceptors (Lipinski definition) is 2. The van der Waals surface area contributed by atoms with Gasteiger partial charge in [0.15, 0.2) is 0 Å². The molecule has 1 aromatic carbocycles. The van der Waals surface area contributed by atoms with Gasteiger partial charge in [0.1, 0.15) is 5.82 Å². The summed E-state index contributed by atoms with van der Waals surface area (Å²) in [5.41, 5.74) is 2.99. The summed E-state index contributed by atoms with van der Waals surface area (Å²) >= 11 is 3.45. The molecule has 0 saturated carbocycles. The van der Waals surface area contributed by atoms with Crippen LogP contribution in [0.2, 0.25) is 0 Å². The summed E-state index contributed by atoms with van der Waals surface area (Å²) in [6, 6.07) is 7.48. The highest BCUT2D eigenvalue weighted by atomic mass is 79.9. The van der Waals surface area contributed by atoms with Gasteiger partial charge < -0.3 is 5.32 Å². The van der Waals surface area contributed by atoms with E-state index in [1.807, 2.05) is 25.1 Å². The Bertz CT molecular complexity index is 529. The first kappa shape index (κ1) is 12.0. The standard InChI is InChI=1S/C13H12BrFN2/c1-9-4-12(2-3-13(9)14)17-7-10-5-11(15)8-16-6-10/h2-6,8,17H,7H2,1H3. The van der Waals surface area contributed by atoms with Crippen LogP contribution in [-0.2, 0) is 6.54 Å². The van der Waals surface area contributed by atoms with Crippen LogP contribution in [0.25, 0.3) is 0 Å². The van der Waals surface area contributed by atoms with Gasteiger partial charge in [-0.1, -0.05) is 15.9 Å². The Kier molecular flexibility index (Phi) is 3.74. The van der Waals surface area contributed by atoms with Crippen molar-refractivity contribution in [2.75, 3.05) is 5.32 Å². The Labute approximate surface area is 108 Å². The van der Waals surface area contributed by atoms with E-state index in [2.05, 4.69) is 26.2 Å². The second kappa shape index (κ2) is 5.27. The van der Waals surface area contributed by atoms with Crippen LogP contribution in [0.5, 0.6) is 0 Å². The molecule has 0 aliphatic heterocycles. The van der Waals surface area contributed by atoms with Crippen molar-refractivity contribution in [1.29, 1.82) is 0 Å². The molecule has 0 atom stereocenters. The third-order valence-electron chi connectivity index (χ3n) is 2.42. The molecule has 1 aromatic heterocycles. The lowest BCUT2D eigenvalue weighted by atomic mass is 10.2. The zero-order valence-electron chi connectivity index (χ0n) is 9.37. The molecule has 1 heterocycles. The van der Waals surface area contributed by atoms with E-state index in [-0.39, 0.29) is 5.82 Å². The molecule has 0 bridgehead atoms. The third kappa shape index (κ3) is 3.27. The predicted molar refractivity (Wildman–Crippen MR) is 70.4 cm³/mol. The van der Waals surface area contributed by atoms with Gasteiger partial charge in [0, 0.05) is 22.9 Å². The van der Waals surface area contributed by atoms with Gasteiger partial charge in [0.2, 0.25) is 0 Å². The molecule has 0 radical (unpaired) electrons. The molecule has 2 rings (SSSR count). The number of halogens is 2. The topological polar surface area (TPSA) is 24.9 Å². The van der Waals surface area contributed by atoms with Crippen molar-refractivity contribution in [3.05, 3.63) is 58.1 Å². The highest BCUT2D eigenvalue weighted by Crippen LogP contribution is 2.20. The summed E-state index contributed by atoms with van der Waals surface area (Å²) in [4.78, 5) is 3.81. The number of pyridine rings is 1. The minimum atomic E-state index is -0.309. The quantitative estimate of drug-likeness (QED) is 0.928. The molecule has 2 aromatic rings. The molecule has 0 saturated heterocycles. The first-order valence-corrected chi connectivity index (χ1v) is 6.04. The van der Waals surface area contributed by atoms with Crippen molar-refractivity contribution in [3.63, 3.8) is 0 Å². The third-order valence-corrected chi connectivity index (χ3v) is 3.31. The molecule has 88 valence electrons. The fourth-order valence-corrected chi connectivity index (χ4v) is 1.76. The molecule has 1 N–H and O–H groups in total. The average molecular weight is 295 g/mol. The largest absolute Gasteiger partial charge is 0.381 e. The summed E-state index contributed by atoms with van der Waals surface area (Å²) in [6.07, 6.45) is 2.86. The van der Waals surface area contributed by atoms with Crippen LogP contribution in [0, 0.1) is 12.7 Å². The fourth-order valence-electron chi connectivity index (χ4n) is 1.51. The van der Waals surface area contributed by atoms with Crippen molar-refractivity contribution in [2.45, 2.75) is 13.5 Å². The molecule has 0 unspecified atom stereocenters. The Morgan fingerprint density at radius 2 is 2.12 bits per heavy atom. The van der Waals surface area contributed by atoms with Crippen LogP contribution in [0.4, 0.5) is 10.1 Å². The number of aryl methyl sites for hydroxylation is 1. The van der Waals surface area contributed by atoms with E-state index in [9.17, 15) is 4.39 Å². The second-order valence-electron chi connectivity index (χ2n) is 3.83. The number of nitrogens with one attached hydrogen (secondary N) is 1. The predicted octanol–water partition coefficient (Wildman–Crippen LogP) is 3.90. The van der Waals surface area contributed by atoms with E-state index in [4.69, 9.17) is 0 Å². The molecule has 0 amide bonds. The molecular weight excluding hydrogens is 283 g/mol. The maximum atomic E-state index is 12.9. The summed E-state index contributed by atoms with van der Waals surface area (Å²) < 4.78 is 14.0. The first-order chi connectivity index (χ1) is 8.15. The molecular formula is C13H12BrFN2. The van der Waals surface area contributed by atoms with Gasteiger partial charge in [-0.3, -0.25) is 4.98 Å². The number of hydrogen-bond donors (Lipinski definition) is 1. The summed E-state index contributed by atoms with van der Waals surface area (Å²) in [5, 5.41) is 3.23. The van der Waals surface area contributed by atoms with Crippen LogP contribution in [-0.4, -0.2) is 4.98 Å².